The minimum Gasteiger partial charge on any atom is -0.344 e. The molecule has 0 aromatic heterocycles. The summed E-state index contributed by atoms with van der Waals surface area (Å²) in [6, 6.07) is 0. The first-order chi connectivity index (χ1) is 5.81. The summed E-state index contributed by atoms with van der Waals surface area (Å²) in [5.74, 6) is 0. The second-order valence-corrected chi connectivity index (χ2v) is 2.60. The summed E-state index contributed by atoms with van der Waals surface area (Å²) in [6.45, 7) is 4.95. The van der Waals surface area contributed by atoms with Gasteiger partial charge in [-0.2, -0.15) is 9.68 Å². The molecule has 0 amide bonds. The van der Waals surface area contributed by atoms with Gasteiger partial charge in [0.25, 0.3) is 0 Å². The van der Waals surface area contributed by atoms with E-state index in [1.807, 2.05) is 13.8 Å². The molecular formula is C8H21N2O3+. The lowest BCUT2D eigenvalue weighted by molar-refractivity contribution is -0.981. The van der Waals surface area contributed by atoms with Crippen LogP contribution in [0.5, 0.6) is 0 Å². The van der Waals surface area contributed by atoms with Gasteiger partial charge in [-0.3, -0.25) is 0 Å². The molecule has 0 spiro atoms. The molecule has 80 valence electrons. The van der Waals surface area contributed by atoms with Crippen molar-refractivity contribution in [2.24, 2.45) is 0 Å². The van der Waals surface area contributed by atoms with E-state index >= 15 is 0 Å². The summed E-state index contributed by atoms with van der Waals surface area (Å²) in [4.78, 5) is 20.0. The van der Waals surface area contributed by atoms with Crippen LogP contribution in [0.25, 0.3) is 0 Å². The number of nitrogens with zero attached hydrogens (tertiary/aromatic N) is 1. The van der Waals surface area contributed by atoms with E-state index in [2.05, 4.69) is 9.68 Å². The lowest BCUT2D eigenvalue weighted by Gasteiger charge is -1.92. The molecule has 0 aliphatic rings. The summed E-state index contributed by atoms with van der Waals surface area (Å²) in [7, 11) is 0. The molecule has 5 nitrogen and oxygen atoms in total. The smallest absolute Gasteiger partial charge is 0.344 e. The van der Waals surface area contributed by atoms with Crippen molar-refractivity contribution in [3.63, 3.8) is 0 Å². The van der Waals surface area contributed by atoms with Gasteiger partial charge in [-0.05, 0) is 12.8 Å². The highest BCUT2D eigenvalue weighted by Crippen LogP contribution is 1.92. The normalized spacial score (nSPS) is 8.77. The van der Waals surface area contributed by atoms with Crippen LogP contribution in [-0.2, 0) is 9.68 Å². The van der Waals surface area contributed by atoms with E-state index in [1.165, 1.54) is 0 Å². The second-order valence-electron chi connectivity index (χ2n) is 2.60. The average molecular weight is 193 g/mol. The molecule has 3 N–H and O–H groups in total. The van der Waals surface area contributed by atoms with E-state index in [9.17, 15) is 4.91 Å². The standard InChI is InChI=1S/C8H18NO3.H3N/c1-3-5-7-11-9(10)12-8-6-4-2;/h3-8H2,1-2H3;1H3/q+1;. The second kappa shape index (κ2) is 11.2. The first-order valence-corrected chi connectivity index (χ1v) is 4.54. The Balaban J connectivity index is 0. The molecule has 0 aliphatic heterocycles. The number of rotatable bonds is 8. The van der Waals surface area contributed by atoms with Crippen LogP contribution in [0.2, 0.25) is 0 Å². The predicted molar refractivity (Wildman–Crippen MR) is 50.4 cm³/mol. The van der Waals surface area contributed by atoms with Crippen molar-refractivity contribution in [3.8, 4) is 0 Å². The Morgan fingerprint density at radius 2 is 1.38 bits per heavy atom. The van der Waals surface area contributed by atoms with Crippen LogP contribution in [0.15, 0.2) is 0 Å². The first-order valence-electron chi connectivity index (χ1n) is 4.54. The van der Waals surface area contributed by atoms with E-state index in [0.29, 0.717) is 13.2 Å². The van der Waals surface area contributed by atoms with Crippen LogP contribution >= 0.6 is 0 Å². The monoisotopic (exact) mass is 193 g/mol. The molecule has 0 radical (unpaired) electrons. The number of hydrogen-bond acceptors (Lipinski definition) is 4. The van der Waals surface area contributed by atoms with Crippen LogP contribution in [-0.4, -0.2) is 18.3 Å². The van der Waals surface area contributed by atoms with E-state index < -0.39 is 0 Å². The Labute approximate surface area is 79.5 Å². The Hall–Kier alpha value is -0.840. The summed E-state index contributed by atoms with van der Waals surface area (Å²) >= 11 is 0. The molecule has 0 bridgehead atoms. The zero-order valence-electron chi connectivity index (χ0n) is 8.62. The summed E-state index contributed by atoms with van der Waals surface area (Å²) in [6.07, 6.45) is 3.80. The van der Waals surface area contributed by atoms with Gasteiger partial charge in [-0.25, -0.2) is 0 Å². The highest BCUT2D eigenvalue weighted by atomic mass is 17.0. The van der Waals surface area contributed by atoms with Gasteiger partial charge < -0.3 is 6.15 Å². The van der Waals surface area contributed by atoms with Gasteiger partial charge in [0.1, 0.15) is 4.91 Å². The molecule has 0 rings (SSSR count). The highest BCUT2D eigenvalue weighted by Gasteiger charge is 2.09. The Kier molecular flexibility index (Phi) is 12.6. The van der Waals surface area contributed by atoms with Crippen molar-refractivity contribution < 1.29 is 14.8 Å². The third kappa shape index (κ3) is 11.2. The predicted octanol–water partition coefficient (Wildman–Crippen LogP) is 2.39. The van der Waals surface area contributed by atoms with Gasteiger partial charge in [0.15, 0.2) is 13.2 Å². The quantitative estimate of drug-likeness (QED) is 0.474. The van der Waals surface area contributed by atoms with Crippen molar-refractivity contribution >= 4 is 0 Å². The van der Waals surface area contributed by atoms with E-state index in [-0.39, 0.29) is 11.2 Å². The lowest BCUT2D eigenvalue weighted by atomic mass is 10.4. The van der Waals surface area contributed by atoms with Crippen molar-refractivity contribution in [3.05, 3.63) is 4.91 Å². The zero-order valence-corrected chi connectivity index (χ0v) is 8.62. The largest absolute Gasteiger partial charge is 0.477 e. The van der Waals surface area contributed by atoms with Gasteiger partial charge in [0.05, 0.1) is 0 Å². The molecule has 0 unspecified atom stereocenters. The Morgan fingerprint density at radius 1 is 1.00 bits per heavy atom. The van der Waals surface area contributed by atoms with E-state index in [4.69, 9.17) is 0 Å². The summed E-state index contributed by atoms with van der Waals surface area (Å²) < 4.78 is 0. The minimum absolute atomic E-state index is 0. The first kappa shape index (κ1) is 14.7. The van der Waals surface area contributed by atoms with Crippen LogP contribution in [0.1, 0.15) is 39.5 Å². The van der Waals surface area contributed by atoms with E-state index in [1.54, 1.807) is 0 Å². The fraction of sp³-hybridized carbons (Fsp3) is 1.00. The Morgan fingerprint density at radius 3 is 1.69 bits per heavy atom. The van der Waals surface area contributed by atoms with Crippen molar-refractivity contribution in [2.45, 2.75) is 39.5 Å². The average Bonchev–Trinajstić information content (AvgIpc) is 2.06. The highest BCUT2D eigenvalue weighted by molar-refractivity contribution is 4.26. The minimum atomic E-state index is 0. The van der Waals surface area contributed by atoms with Crippen LogP contribution in [0.3, 0.4) is 0 Å². The molecule has 0 saturated heterocycles. The molecular weight excluding hydrogens is 172 g/mol. The Bertz CT molecular complexity index is 108. The van der Waals surface area contributed by atoms with Crippen molar-refractivity contribution in [1.29, 1.82) is 0 Å². The van der Waals surface area contributed by atoms with Crippen molar-refractivity contribution in [2.75, 3.05) is 13.2 Å². The maximum absolute atomic E-state index is 10.7. The van der Waals surface area contributed by atoms with Gasteiger partial charge in [0, 0.05) is 0 Å². The zero-order chi connectivity index (χ0) is 9.23. The number of unbranched alkanes of at least 4 members (excludes halogenated alkanes) is 2. The van der Waals surface area contributed by atoms with Gasteiger partial charge >= 0.3 is 5.09 Å². The van der Waals surface area contributed by atoms with Gasteiger partial charge in [0.2, 0.25) is 0 Å². The fourth-order valence-corrected chi connectivity index (χ4v) is 0.604. The molecule has 0 aromatic rings. The molecule has 13 heavy (non-hydrogen) atoms. The van der Waals surface area contributed by atoms with Crippen LogP contribution in [0, 0.1) is 4.91 Å². The SMILES string of the molecule is CCCCO[N+](=O)OCCCC.N. The molecule has 0 saturated carbocycles. The summed E-state index contributed by atoms with van der Waals surface area (Å²) in [5, 5.41) is 0.214. The molecule has 5 heteroatoms. The molecule has 0 heterocycles. The van der Waals surface area contributed by atoms with Crippen LogP contribution in [0.4, 0.5) is 0 Å². The maximum atomic E-state index is 10.7. The van der Waals surface area contributed by atoms with Gasteiger partial charge in [-0.15, -0.1) is 0 Å². The third-order valence-corrected chi connectivity index (χ3v) is 1.39. The molecule has 0 fully saturated rings. The number of hydrogen-bond donors (Lipinski definition) is 1. The fourth-order valence-electron chi connectivity index (χ4n) is 0.604. The molecule has 0 aromatic carbocycles. The topological polar surface area (TPSA) is 73.5 Å². The van der Waals surface area contributed by atoms with Gasteiger partial charge in [-0.1, -0.05) is 26.7 Å². The van der Waals surface area contributed by atoms with Crippen LogP contribution < -0.4 is 6.15 Å². The molecule has 0 atom stereocenters. The van der Waals surface area contributed by atoms with Crippen molar-refractivity contribution in [1.82, 2.24) is 6.15 Å². The summed E-state index contributed by atoms with van der Waals surface area (Å²) in [5.41, 5.74) is 0. The maximum Gasteiger partial charge on any atom is 0.477 e. The third-order valence-electron chi connectivity index (χ3n) is 1.39. The van der Waals surface area contributed by atoms with E-state index in [0.717, 1.165) is 25.7 Å². The lowest BCUT2D eigenvalue weighted by Crippen LogP contribution is -2.12. The molecule has 0 aliphatic carbocycles.